The van der Waals surface area contributed by atoms with Crippen LogP contribution in [0, 0.1) is 19.8 Å². The van der Waals surface area contributed by atoms with Gasteiger partial charge in [0.1, 0.15) is 5.75 Å². The summed E-state index contributed by atoms with van der Waals surface area (Å²) in [6.07, 6.45) is 2.28. The maximum atomic E-state index is 9.60. The number of phenols is 1. The van der Waals surface area contributed by atoms with Crippen LogP contribution < -0.4 is 5.32 Å². The average molecular weight is 235 g/mol. The van der Waals surface area contributed by atoms with Gasteiger partial charge in [0.15, 0.2) is 0 Å². The normalized spacial score (nSPS) is 17.1. The van der Waals surface area contributed by atoms with E-state index in [0.717, 1.165) is 49.4 Å². The maximum absolute atomic E-state index is 9.60. The smallest absolute Gasteiger partial charge is 0.118 e. The fraction of sp³-hybridized carbons (Fsp3) is 0.571. The van der Waals surface area contributed by atoms with Gasteiger partial charge in [-0.15, -0.1) is 0 Å². The lowest BCUT2D eigenvalue weighted by Gasteiger charge is -2.23. The van der Waals surface area contributed by atoms with E-state index in [9.17, 15) is 5.11 Å². The number of aryl methyl sites for hydroxylation is 2. The molecule has 0 atom stereocenters. The highest BCUT2D eigenvalue weighted by atomic mass is 16.5. The second kappa shape index (κ2) is 5.41. The van der Waals surface area contributed by atoms with Crippen LogP contribution in [-0.2, 0) is 4.74 Å². The van der Waals surface area contributed by atoms with Crippen LogP contribution in [0.15, 0.2) is 12.1 Å². The Morgan fingerprint density at radius 1 is 1.24 bits per heavy atom. The van der Waals surface area contributed by atoms with Crippen molar-refractivity contribution in [3.05, 3.63) is 23.3 Å². The molecular weight excluding hydrogens is 214 g/mol. The molecule has 1 aromatic rings. The summed E-state index contributed by atoms with van der Waals surface area (Å²) in [7, 11) is 0. The highest BCUT2D eigenvalue weighted by molar-refractivity contribution is 5.56. The number of rotatable bonds is 3. The second-order valence-corrected chi connectivity index (χ2v) is 4.89. The second-order valence-electron chi connectivity index (χ2n) is 4.89. The molecule has 1 fully saturated rings. The van der Waals surface area contributed by atoms with Gasteiger partial charge in [0.05, 0.1) is 0 Å². The molecule has 1 aliphatic heterocycles. The van der Waals surface area contributed by atoms with Crippen molar-refractivity contribution in [1.82, 2.24) is 0 Å². The molecule has 0 unspecified atom stereocenters. The van der Waals surface area contributed by atoms with Crippen LogP contribution in [0.3, 0.4) is 0 Å². The van der Waals surface area contributed by atoms with Gasteiger partial charge in [-0.1, -0.05) is 0 Å². The Labute approximate surface area is 103 Å². The number of hydrogen-bond donors (Lipinski definition) is 2. The van der Waals surface area contributed by atoms with E-state index in [1.807, 2.05) is 26.0 Å². The molecular formula is C14H21NO2. The summed E-state index contributed by atoms with van der Waals surface area (Å²) in [6.45, 7) is 6.72. The maximum Gasteiger partial charge on any atom is 0.118 e. The Balaban J connectivity index is 1.96. The third-order valence-electron chi connectivity index (χ3n) is 3.46. The van der Waals surface area contributed by atoms with Crippen LogP contribution in [0.4, 0.5) is 5.69 Å². The molecule has 2 rings (SSSR count). The summed E-state index contributed by atoms with van der Waals surface area (Å²) >= 11 is 0. The Kier molecular flexibility index (Phi) is 3.89. The van der Waals surface area contributed by atoms with Crippen LogP contribution in [0.25, 0.3) is 0 Å². The van der Waals surface area contributed by atoms with Crippen molar-refractivity contribution in [2.75, 3.05) is 25.1 Å². The molecule has 0 aromatic heterocycles. The molecule has 0 radical (unpaired) electrons. The van der Waals surface area contributed by atoms with Crippen molar-refractivity contribution in [3.8, 4) is 5.75 Å². The zero-order chi connectivity index (χ0) is 12.3. The third kappa shape index (κ3) is 3.13. The summed E-state index contributed by atoms with van der Waals surface area (Å²) in [5.74, 6) is 1.08. The standard InChI is InChI=1S/C14H21NO2/c1-10-8-14(16)11(2)7-13(10)15-9-12-3-5-17-6-4-12/h7-8,12,15-16H,3-6,9H2,1-2H3. The number of nitrogens with one attached hydrogen (secondary N) is 1. The van der Waals surface area contributed by atoms with E-state index < -0.39 is 0 Å². The molecule has 0 spiro atoms. The zero-order valence-electron chi connectivity index (χ0n) is 10.6. The SMILES string of the molecule is Cc1cc(NCC2CCOCC2)c(C)cc1O. The predicted molar refractivity (Wildman–Crippen MR) is 69.6 cm³/mol. The molecule has 1 heterocycles. The first-order valence-electron chi connectivity index (χ1n) is 6.28. The van der Waals surface area contributed by atoms with Crippen LogP contribution in [0.1, 0.15) is 24.0 Å². The fourth-order valence-electron chi connectivity index (χ4n) is 2.20. The van der Waals surface area contributed by atoms with Crippen LogP contribution in [0.5, 0.6) is 5.75 Å². The molecule has 2 N–H and O–H groups in total. The highest BCUT2D eigenvalue weighted by Gasteiger charge is 2.13. The highest BCUT2D eigenvalue weighted by Crippen LogP contribution is 2.25. The Morgan fingerprint density at radius 2 is 1.94 bits per heavy atom. The molecule has 1 aliphatic rings. The number of ether oxygens (including phenoxy) is 1. The number of anilines is 1. The van der Waals surface area contributed by atoms with Gasteiger partial charge in [-0.3, -0.25) is 0 Å². The van der Waals surface area contributed by atoms with E-state index >= 15 is 0 Å². The first kappa shape index (κ1) is 12.2. The molecule has 1 aromatic carbocycles. The Morgan fingerprint density at radius 3 is 2.65 bits per heavy atom. The minimum Gasteiger partial charge on any atom is -0.508 e. The van der Waals surface area contributed by atoms with E-state index in [2.05, 4.69) is 5.32 Å². The molecule has 3 nitrogen and oxygen atoms in total. The van der Waals surface area contributed by atoms with Crippen molar-refractivity contribution in [2.24, 2.45) is 5.92 Å². The minimum atomic E-state index is 0.374. The Bertz CT molecular complexity index is 384. The number of aromatic hydroxyl groups is 1. The van der Waals surface area contributed by atoms with E-state index in [1.165, 1.54) is 0 Å². The van der Waals surface area contributed by atoms with E-state index in [1.54, 1.807) is 0 Å². The molecule has 0 bridgehead atoms. The monoisotopic (exact) mass is 235 g/mol. The summed E-state index contributed by atoms with van der Waals surface area (Å²) in [4.78, 5) is 0. The summed E-state index contributed by atoms with van der Waals surface area (Å²) in [6, 6.07) is 3.84. The topological polar surface area (TPSA) is 41.5 Å². The van der Waals surface area contributed by atoms with E-state index in [0.29, 0.717) is 11.7 Å². The van der Waals surface area contributed by atoms with Crippen molar-refractivity contribution >= 4 is 5.69 Å². The van der Waals surface area contributed by atoms with Gasteiger partial charge in [0.2, 0.25) is 0 Å². The van der Waals surface area contributed by atoms with Gasteiger partial charge >= 0.3 is 0 Å². The van der Waals surface area contributed by atoms with Gasteiger partial charge in [0, 0.05) is 25.4 Å². The molecule has 0 saturated carbocycles. The molecule has 17 heavy (non-hydrogen) atoms. The van der Waals surface area contributed by atoms with Crippen molar-refractivity contribution in [2.45, 2.75) is 26.7 Å². The first-order chi connectivity index (χ1) is 8.16. The van der Waals surface area contributed by atoms with Gasteiger partial charge in [0.25, 0.3) is 0 Å². The van der Waals surface area contributed by atoms with Crippen LogP contribution in [0.2, 0.25) is 0 Å². The minimum absolute atomic E-state index is 0.374. The molecule has 3 heteroatoms. The van der Waals surface area contributed by atoms with Crippen LogP contribution in [-0.4, -0.2) is 24.9 Å². The molecule has 1 saturated heterocycles. The lowest BCUT2D eigenvalue weighted by Crippen LogP contribution is -2.22. The quantitative estimate of drug-likeness (QED) is 0.792. The summed E-state index contributed by atoms with van der Waals surface area (Å²) in [5.41, 5.74) is 3.15. The van der Waals surface area contributed by atoms with E-state index in [-0.39, 0.29) is 0 Å². The summed E-state index contributed by atoms with van der Waals surface area (Å²) < 4.78 is 5.35. The van der Waals surface area contributed by atoms with Gasteiger partial charge in [-0.05, 0) is 55.9 Å². The zero-order valence-corrected chi connectivity index (χ0v) is 10.6. The van der Waals surface area contributed by atoms with Gasteiger partial charge in [-0.25, -0.2) is 0 Å². The average Bonchev–Trinajstić information content (AvgIpc) is 2.33. The third-order valence-corrected chi connectivity index (χ3v) is 3.46. The number of hydrogen-bond acceptors (Lipinski definition) is 3. The fourth-order valence-corrected chi connectivity index (χ4v) is 2.20. The van der Waals surface area contributed by atoms with Gasteiger partial charge < -0.3 is 15.2 Å². The molecule has 94 valence electrons. The molecule has 0 amide bonds. The number of benzene rings is 1. The molecule has 0 aliphatic carbocycles. The number of phenolic OH excluding ortho intramolecular Hbond substituents is 1. The lowest BCUT2D eigenvalue weighted by molar-refractivity contribution is 0.0699. The largest absolute Gasteiger partial charge is 0.508 e. The summed E-state index contributed by atoms with van der Waals surface area (Å²) in [5, 5.41) is 13.1. The van der Waals surface area contributed by atoms with E-state index in [4.69, 9.17) is 4.74 Å². The lowest BCUT2D eigenvalue weighted by atomic mass is 10.00. The van der Waals surface area contributed by atoms with Crippen molar-refractivity contribution < 1.29 is 9.84 Å². The van der Waals surface area contributed by atoms with Crippen LogP contribution >= 0.6 is 0 Å². The van der Waals surface area contributed by atoms with Crippen molar-refractivity contribution in [1.29, 1.82) is 0 Å². The first-order valence-corrected chi connectivity index (χ1v) is 6.28. The van der Waals surface area contributed by atoms with Gasteiger partial charge in [-0.2, -0.15) is 0 Å². The van der Waals surface area contributed by atoms with Crippen molar-refractivity contribution in [3.63, 3.8) is 0 Å². The predicted octanol–water partition coefficient (Wildman–Crippen LogP) is 2.85. The Hall–Kier alpha value is -1.22.